The highest BCUT2D eigenvalue weighted by Crippen LogP contribution is 2.26. The van der Waals surface area contributed by atoms with Crippen molar-refractivity contribution in [3.8, 4) is 0 Å². The van der Waals surface area contributed by atoms with Gasteiger partial charge in [0.1, 0.15) is 11.6 Å². The van der Waals surface area contributed by atoms with Crippen molar-refractivity contribution in [1.82, 2.24) is 9.80 Å². The van der Waals surface area contributed by atoms with Crippen molar-refractivity contribution >= 4 is 17.7 Å². The number of hydrogen-bond donors (Lipinski definition) is 0. The quantitative estimate of drug-likeness (QED) is 0.623. The molecule has 2 aromatic carbocycles. The van der Waals surface area contributed by atoms with E-state index in [0.29, 0.717) is 11.3 Å². The first-order chi connectivity index (χ1) is 14.0. The Hall–Kier alpha value is -3.74. The van der Waals surface area contributed by atoms with Crippen molar-refractivity contribution in [3.05, 3.63) is 94.7 Å². The fraction of sp³-hybridized carbons (Fsp3) is 0.136. The molecule has 1 aliphatic rings. The molecule has 6 nitrogen and oxygen atoms in total. The molecule has 0 saturated carbocycles. The Morgan fingerprint density at radius 2 is 1.79 bits per heavy atom. The summed E-state index contributed by atoms with van der Waals surface area (Å²) in [5.41, 5.74) is 1.06. The van der Waals surface area contributed by atoms with Crippen molar-refractivity contribution in [2.45, 2.75) is 13.1 Å². The second kappa shape index (κ2) is 7.35. The van der Waals surface area contributed by atoms with Gasteiger partial charge >= 0.3 is 0 Å². The van der Waals surface area contributed by atoms with Gasteiger partial charge in [-0.1, -0.05) is 18.2 Å². The molecule has 146 valence electrons. The van der Waals surface area contributed by atoms with Crippen LogP contribution < -0.4 is 0 Å². The van der Waals surface area contributed by atoms with Crippen LogP contribution in [0.3, 0.4) is 0 Å². The molecule has 0 unspecified atom stereocenters. The highest BCUT2D eigenvalue weighted by atomic mass is 19.1. The maximum Gasteiger partial charge on any atom is 0.261 e. The van der Waals surface area contributed by atoms with E-state index in [1.165, 1.54) is 35.4 Å². The molecule has 0 N–H and O–H groups in total. The molecule has 7 heteroatoms. The number of nitrogens with zero attached hydrogens (tertiary/aromatic N) is 2. The highest BCUT2D eigenvalue weighted by Gasteiger charge is 2.36. The van der Waals surface area contributed by atoms with Crippen LogP contribution in [0, 0.1) is 5.82 Å². The number of carbonyl (C=O) groups is 3. The number of fused-ring (bicyclic) bond motifs is 1. The van der Waals surface area contributed by atoms with Crippen LogP contribution >= 0.6 is 0 Å². The Bertz CT molecular complexity index is 1110. The molecule has 0 aliphatic carbocycles. The molecule has 3 aromatic rings. The number of hydrogen-bond acceptors (Lipinski definition) is 4. The van der Waals surface area contributed by atoms with Crippen LogP contribution in [0.25, 0.3) is 0 Å². The van der Waals surface area contributed by atoms with Gasteiger partial charge in [-0.15, -0.1) is 0 Å². The molecular formula is C22H17FN2O4. The molecule has 0 fully saturated rings. The van der Waals surface area contributed by atoms with Gasteiger partial charge in [0.15, 0.2) is 0 Å². The summed E-state index contributed by atoms with van der Waals surface area (Å²) in [6.45, 7) is 0.107. The lowest BCUT2D eigenvalue weighted by molar-refractivity contribution is 0.0631. The van der Waals surface area contributed by atoms with Gasteiger partial charge in [-0.25, -0.2) is 4.39 Å². The van der Waals surface area contributed by atoms with Crippen molar-refractivity contribution in [1.29, 1.82) is 0 Å². The lowest BCUT2D eigenvalue weighted by Crippen LogP contribution is -2.29. The molecule has 0 radical (unpaired) electrons. The fourth-order valence-electron chi connectivity index (χ4n) is 3.30. The van der Waals surface area contributed by atoms with Gasteiger partial charge in [0, 0.05) is 24.7 Å². The summed E-state index contributed by atoms with van der Waals surface area (Å²) in [5.74, 6) is -1.19. The minimum absolute atomic E-state index is 0.0236. The van der Waals surface area contributed by atoms with Crippen LogP contribution in [-0.4, -0.2) is 34.6 Å². The van der Waals surface area contributed by atoms with Crippen LogP contribution in [0.1, 0.15) is 42.4 Å². The van der Waals surface area contributed by atoms with Crippen molar-refractivity contribution < 1.29 is 23.2 Å². The molecule has 0 spiro atoms. The summed E-state index contributed by atoms with van der Waals surface area (Å²) in [7, 11) is 1.55. The Morgan fingerprint density at radius 3 is 2.52 bits per heavy atom. The summed E-state index contributed by atoms with van der Waals surface area (Å²) in [4.78, 5) is 40.5. The number of benzene rings is 2. The predicted octanol–water partition coefficient (Wildman–Crippen LogP) is 3.49. The maximum absolute atomic E-state index is 13.9. The molecule has 29 heavy (non-hydrogen) atoms. The van der Waals surface area contributed by atoms with Crippen LogP contribution in [0.4, 0.5) is 4.39 Å². The average molecular weight is 392 g/mol. The molecule has 2 heterocycles. The maximum atomic E-state index is 13.9. The Labute approximate surface area is 166 Å². The molecule has 4 rings (SSSR count). The van der Waals surface area contributed by atoms with Gasteiger partial charge in [-0.3, -0.25) is 19.3 Å². The minimum atomic E-state index is -0.479. The zero-order chi connectivity index (χ0) is 20.5. The summed E-state index contributed by atoms with van der Waals surface area (Å²) in [6, 6.07) is 14.0. The van der Waals surface area contributed by atoms with E-state index in [1.54, 1.807) is 37.4 Å². The molecule has 1 aliphatic heterocycles. The lowest BCUT2D eigenvalue weighted by Gasteiger charge is -2.18. The zero-order valence-electron chi connectivity index (χ0n) is 15.6. The van der Waals surface area contributed by atoms with Crippen LogP contribution in [-0.2, 0) is 13.1 Å². The first-order valence-corrected chi connectivity index (χ1v) is 8.97. The van der Waals surface area contributed by atoms with E-state index in [4.69, 9.17) is 4.42 Å². The average Bonchev–Trinajstić information content (AvgIpc) is 3.32. The second-order valence-electron chi connectivity index (χ2n) is 6.79. The van der Waals surface area contributed by atoms with Gasteiger partial charge in [-0.05, 0) is 36.4 Å². The standard InChI is InChI=1S/C22H17FN2O4/c1-24(12-15-5-2-3-7-19(15)23)20(26)14-8-9-17-18(11-14)22(28)25(21(17)27)13-16-6-4-10-29-16/h2-11H,12-13H2,1H3. The first kappa shape index (κ1) is 18.6. The molecule has 0 bridgehead atoms. The van der Waals surface area contributed by atoms with Gasteiger partial charge in [0.25, 0.3) is 17.7 Å². The molecule has 1 aromatic heterocycles. The van der Waals surface area contributed by atoms with Crippen LogP contribution in [0.2, 0.25) is 0 Å². The predicted molar refractivity (Wildman–Crippen MR) is 102 cm³/mol. The van der Waals surface area contributed by atoms with Crippen LogP contribution in [0.5, 0.6) is 0 Å². The van der Waals surface area contributed by atoms with Crippen molar-refractivity contribution in [3.63, 3.8) is 0 Å². The smallest absolute Gasteiger partial charge is 0.261 e. The molecule has 0 atom stereocenters. The Morgan fingerprint density at radius 1 is 1.03 bits per heavy atom. The third-order valence-electron chi connectivity index (χ3n) is 4.82. The monoisotopic (exact) mass is 392 g/mol. The lowest BCUT2D eigenvalue weighted by atomic mass is 10.0. The number of amides is 3. The van der Waals surface area contributed by atoms with Gasteiger partial charge < -0.3 is 9.32 Å². The summed E-state index contributed by atoms with van der Waals surface area (Å²) < 4.78 is 19.1. The van der Waals surface area contributed by atoms with E-state index in [1.807, 2.05) is 0 Å². The van der Waals surface area contributed by atoms with E-state index in [9.17, 15) is 18.8 Å². The van der Waals surface area contributed by atoms with Gasteiger partial charge in [0.2, 0.25) is 0 Å². The van der Waals surface area contributed by atoms with E-state index >= 15 is 0 Å². The number of halogens is 1. The number of rotatable bonds is 5. The third kappa shape index (κ3) is 3.42. The summed E-state index contributed by atoms with van der Waals surface area (Å²) in [5, 5.41) is 0. The van der Waals surface area contributed by atoms with Crippen molar-refractivity contribution in [2.75, 3.05) is 7.05 Å². The van der Waals surface area contributed by atoms with Gasteiger partial charge in [0.05, 0.1) is 23.9 Å². The summed E-state index contributed by atoms with van der Waals surface area (Å²) >= 11 is 0. The fourth-order valence-corrected chi connectivity index (χ4v) is 3.30. The number of furan rings is 1. The Balaban J connectivity index is 1.55. The second-order valence-corrected chi connectivity index (χ2v) is 6.79. The SMILES string of the molecule is CN(Cc1ccccc1F)C(=O)c1ccc2c(c1)C(=O)N(Cc1ccco1)C2=O. The Kier molecular flexibility index (Phi) is 4.72. The molecule has 3 amide bonds. The van der Waals surface area contributed by atoms with Crippen molar-refractivity contribution in [2.24, 2.45) is 0 Å². The molecule has 0 saturated heterocycles. The number of carbonyl (C=O) groups excluding carboxylic acids is 3. The zero-order valence-corrected chi connectivity index (χ0v) is 15.6. The van der Waals surface area contributed by atoms with E-state index in [0.717, 1.165) is 4.90 Å². The largest absolute Gasteiger partial charge is 0.467 e. The van der Waals surface area contributed by atoms with E-state index in [2.05, 4.69) is 0 Å². The van der Waals surface area contributed by atoms with E-state index in [-0.39, 0.29) is 35.7 Å². The van der Waals surface area contributed by atoms with Gasteiger partial charge in [-0.2, -0.15) is 0 Å². The molecular weight excluding hydrogens is 375 g/mol. The highest BCUT2D eigenvalue weighted by molar-refractivity contribution is 6.22. The first-order valence-electron chi connectivity index (χ1n) is 8.97. The topological polar surface area (TPSA) is 70.8 Å². The van der Waals surface area contributed by atoms with E-state index < -0.39 is 17.6 Å². The third-order valence-corrected chi connectivity index (χ3v) is 4.82. The minimum Gasteiger partial charge on any atom is -0.467 e. The van der Waals surface area contributed by atoms with Crippen LogP contribution in [0.15, 0.2) is 65.3 Å². The normalized spacial score (nSPS) is 13.0. The summed E-state index contributed by atoms with van der Waals surface area (Å²) in [6.07, 6.45) is 1.47. The number of imide groups is 1.